The van der Waals surface area contributed by atoms with Gasteiger partial charge in [-0.1, -0.05) is 12.1 Å². The molecular formula is C17H25N3O3. The first-order valence-corrected chi connectivity index (χ1v) is 8.06. The van der Waals surface area contributed by atoms with Gasteiger partial charge in [-0.25, -0.2) is 0 Å². The summed E-state index contributed by atoms with van der Waals surface area (Å²) in [7, 11) is 0. The van der Waals surface area contributed by atoms with E-state index in [9.17, 15) is 9.59 Å². The lowest BCUT2D eigenvalue weighted by Crippen LogP contribution is -2.43. The zero-order valence-electron chi connectivity index (χ0n) is 13.8. The second-order valence-electron chi connectivity index (χ2n) is 5.90. The third-order valence-electron chi connectivity index (χ3n) is 3.64. The van der Waals surface area contributed by atoms with E-state index < -0.39 is 11.8 Å². The molecule has 2 N–H and O–H groups in total. The molecule has 0 aliphatic carbocycles. The average Bonchev–Trinajstić information content (AvgIpc) is 2.55. The normalized spacial score (nSPS) is 14.7. The van der Waals surface area contributed by atoms with Gasteiger partial charge < -0.3 is 20.3 Å². The van der Waals surface area contributed by atoms with E-state index in [4.69, 9.17) is 4.74 Å². The van der Waals surface area contributed by atoms with E-state index in [1.54, 1.807) is 0 Å². The van der Waals surface area contributed by atoms with Gasteiger partial charge in [0.25, 0.3) is 0 Å². The van der Waals surface area contributed by atoms with Crippen LogP contribution in [-0.4, -0.2) is 50.7 Å². The van der Waals surface area contributed by atoms with Crippen LogP contribution in [0.2, 0.25) is 0 Å². The van der Waals surface area contributed by atoms with Crippen LogP contribution in [0.25, 0.3) is 0 Å². The predicted octanol–water partition coefficient (Wildman–Crippen LogP) is 0.707. The molecule has 126 valence electrons. The molecule has 0 aromatic heterocycles. The second-order valence-corrected chi connectivity index (χ2v) is 5.90. The van der Waals surface area contributed by atoms with Crippen LogP contribution in [0.4, 0.5) is 5.69 Å². The predicted molar refractivity (Wildman–Crippen MR) is 89.5 cm³/mol. The zero-order valence-corrected chi connectivity index (χ0v) is 13.8. The molecule has 1 aliphatic heterocycles. The summed E-state index contributed by atoms with van der Waals surface area (Å²) < 4.78 is 5.35. The zero-order chi connectivity index (χ0) is 16.7. The number of amides is 2. The number of carbonyl (C=O) groups excluding carboxylic acids is 2. The van der Waals surface area contributed by atoms with E-state index in [1.807, 2.05) is 13.8 Å². The topological polar surface area (TPSA) is 70.7 Å². The van der Waals surface area contributed by atoms with Crippen LogP contribution >= 0.6 is 0 Å². The Bertz CT molecular complexity index is 522. The summed E-state index contributed by atoms with van der Waals surface area (Å²) in [6.07, 6.45) is 0.699. The highest BCUT2D eigenvalue weighted by molar-refractivity contribution is 6.35. The molecule has 0 atom stereocenters. The van der Waals surface area contributed by atoms with Crippen molar-refractivity contribution in [1.82, 2.24) is 10.6 Å². The number of rotatable bonds is 5. The van der Waals surface area contributed by atoms with Gasteiger partial charge in [0.2, 0.25) is 0 Å². The van der Waals surface area contributed by atoms with Crippen LogP contribution in [0.1, 0.15) is 19.4 Å². The van der Waals surface area contributed by atoms with Crippen LogP contribution in [0.5, 0.6) is 0 Å². The first-order chi connectivity index (χ1) is 11.1. The minimum Gasteiger partial charge on any atom is -0.378 e. The number of benzene rings is 1. The first kappa shape index (κ1) is 17.3. The highest BCUT2D eigenvalue weighted by Gasteiger charge is 2.13. The van der Waals surface area contributed by atoms with Crippen molar-refractivity contribution in [3.63, 3.8) is 0 Å². The maximum atomic E-state index is 11.6. The summed E-state index contributed by atoms with van der Waals surface area (Å²) in [6.45, 7) is 7.46. The molecule has 0 spiro atoms. The number of hydrogen-bond acceptors (Lipinski definition) is 4. The van der Waals surface area contributed by atoms with Crippen LogP contribution in [0, 0.1) is 0 Å². The van der Waals surface area contributed by atoms with E-state index >= 15 is 0 Å². The molecule has 0 radical (unpaired) electrons. The van der Waals surface area contributed by atoms with Gasteiger partial charge in [0, 0.05) is 31.4 Å². The number of morpholine rings is 1. The minimum absolute atomic E-state index is 0.0408. The van der Waals surface area contributed by atoms with Crippen molar-refractivity contribution in [3.8, 4) is 0 Å². The minimum atomic E-state index is -0.581. The molecule has 6 heteroatoms. The third-order valence-corrected chi connectivity index (χ3v) is 3.64. The fraction of sp³-hybridized carbons (Fsp3) is 0.529. The standard InChI is InChI=1S/C17H25N3O3/c1-13(2)19-17(22)16(21)18-8-7-14-3-5-15(6-4-14)20-9-11-23-12-10-20/h3-6,13H,7-12H2,1-2H3,(H,18,21)(H,19,22). The van der Waals surface area contributed by atoms with Crippen LogP contribution in [0.3, 0.4) is 0 Å². The van der Waals surface area contributed by atoms with Crippen molar-refractivity contribution >= 4 is 17.5 Å². The van der Waals surface area contributed by atoms with Gasteiger partial charge in [-0.3, -0.25) is 9.59 Å². The first-order valence-electron chi connectivity index (χ1n) is 8.06. The number of ether oxygens (including phenoxy) is 1. The van der Waals surface area contributed by atoms with Gasteiger partial charge in [-0.05, 0) is 38.0 Å². The van der Waals surface area contributed by atoms with Gasteiger partial charge in [0.15, 0.2) is 0 Å². The Hall–Kier alpha value is -2.08. The summed E-state index contributed by atoms with van der Waals surface area (Å²) in [5, 5.41) is 5.20. The second kappa shape index (κ2) is 8.53. The lowest BCUT2D eigenvalue weighted by Gasteiger charge is -2.28. The maximum Gasteiger partial charge on any atom is 0.309 e. The van der Waals surface area contributed by atoms with Crippen LogP contribution in [-0.2, 0) is 20.7 Å². The van der Waals surface area contributed by atoms with Crippen molar-refractivity contribution in [3.05, 3.63) is 29.8 Å². The Labute approximate surface area is 137 Å². The van der Waals surface area contributed by atoms with E-state index in [0.717, 1.165) is 31.9 Å². The molecule has 0 saturated carbocycles. The Morgan fingerprint density at radius 3 is 2.39 bits per heavy atom. The largest absolute Gasteiger partial charge is 0.378 e. The van der Waals surface area contributed by atoms with Crippen LogP contribution in [0.15, 0.2) is 24.3 Å². The quantitative estimate of drug-likeness (QED) is 0.784. The molecule has 0 bridgehead atoms. The van der Waals surface area contributed by atoms with E-state index in [2.05, 4.69) is 39.8 Å². The molecule has 1 heterocycles. The molecule has 1 saturated heterocycles. The number of nitrogens with one attached hydrogen (secondary N) is 2. The summed E-state index contributed by atoms with van der Waals surface area (Å²) in [6, 6.07) is 8.26. The lowest BCUT2D eigenvalue weighted by molar-refractivity contribution is -0.139. The summed E-state index contributed by atoms with van der Waals surface area (Å²) in [5.74, 6) is -1.16. The van der Waals surface area contributed by atoms with Crippen molar-refractivity contribution in [2.75, 3.05) is 37.7 Å². The van der Waals surface area contributed by atoms with Gasteiger partial charge in [0.1, 0.15) is 0 Å². The van der Waals surface area contributed by atoms with E-state index in [0.29, 0.717) is 13.0 Å². The Morgan fingerprint density at radius 1 is 1.13 bits per heavy atom. The SMILES string of the molecule is CC(C)NC(=O)C(=O)NCCc1ccc(N2CCOCC2)cc1. The Balaban J connectivity index is 1.75. The lowest BCUT2D eigenvalue weighted by atomic mass is 10.1. The molecule has 23 heavy (non-hydrogen) atoms. The highest BCUT2D eigenvalue weighted by atomic mass is 16.5. The molecule has 2 amide bonds. The number of nitrogens with zero attached hydrogens (tertiary/aromatic N) is 1. The maximum absolute atomic E-state index is 11.6. The van der Waals surface area contributed by atoms with Gasteiger partial charge >= 0.3 is 11.8 Å². The molecule has 1 fully saturated rings. The van der Waals surface area contributed by atoms with E-state index in [-0.39, 0.29) is 6.04 Å². The molecule has 0 unspecified atom stereocenters. The molecule has 2 rings (SSSR count). The average molecular weight is 319 g/mol. The van der Waals surface area contributed by atoms with Gasteiger partial charge in [0.05, 0.1) is 13.2 Å². The smallest absolute Gasteiger partial charge is 0.309 e. The Kier molecular flexibility index (Phi) is 6.40. The monoisotopic (exact) mass is 319 g/mol. The highest BCUT2D eigenvalue weighted by Crippen LogP contribution is 2.16. The van der Waals surface area contributed by atoms with Crippen molar-refractivity contribution in [2.45, 2.75) is 26.3 Å². The summed E-state index contributed by atoms with van der Waals surface area (Å²) in [4.78, 5) is 25.4. The van der Waals surface area contributed by atoms with Crippen molar-refractivity contribution in [2.24, 2.45) is 0 Å². The van der Waals surface area contributed by atoms with Gasteiger partial charge in [-0.2, -0.15) is 0 Å². The molecule has 1 aromatic rings. The number of anilines is 1. The molecule has 1 aliphatic rings. The third kappa shape index (κ3) is 5.56. The van der Waals surface area contributed by atoms with Crippen molar-refractivity contribution < 1.29 is 14.3 Å². The summed E-state index contributed by atoms with van der Waals surface area (Å²) >= 11 is 0. The van der Waals surface area contributed by atoms with Crippen LogP contribution < -0.4 is 15.5 Å². The van der Waals surface area contributed by atoms with E-state index in [1.165, 1.54) is 5.69 Å². The Morgan fingerprint density at radius 2 is 1.78 bits per heavy atom. The summed E-state index contributed by atoms with van der Waals surface area (Å²) in [5.41, 5.74) is 2.32. The number of hydrogen-bond donors (Lipinski definition) is 2. The molecule has 6 nitrogen and oxygen atoms in total. The molecular weight excluding hydrogens is 294 g/mol. The fourth-order valence-electron chi connectivity index (χ4n) is 2.42. The fourth-order valence-corrected chi connectivity index (χ4v) is 2.42. The molecule has 1 aromatic carbocycles. The van der Waals surface area contributed by atoms with Gasteiger partial charge in [-0.15, -0.1) is 0 Å². The van der Waals surface area contributed by atoms with Crippen molar-refractivity contribution in [1.29, 1.82) is 0 Å². The number of carbonyl (C=O) groups is 2.